The molecular formula is C13H11F3N4O2. The van der Waals surface area contributed by atoms with E-state index < -0.39 is 24.0 Å². The lowest BCUT2D eigenvalue weighted by molar-refractivity contribution is -0.159. The molecule has 0 aliphatic heterocycles. The number of alkyl halides is 3. The SMILES string of the molecule is CC(C=N)NC(=O)c1cccc(-c2noc(C(F)(F)F)n2)c1. The molecule has 1 heterocycles. The highest BCUT2D eigenvalue weighted by molar-refractivity contribution is 5.96. The summed E-state index contributed by atoms with van der Waals surface area (Å²) in [4.78, 5) is 15.2. The molecule has 1 amide bonds. The van der Waals surface area contributed by atoms with Gasteiger partial charge in [0.1, 0.15) is 0 Å². The molecule has 1 unspecified atom stereocenters. The number of nitrogens with one attached hydrogen (secondary N) is 2. The van der Waals surface area contributed by atoms with Gasteiger partial charge in [0, 0.05) is 17.3 Å². The van der Waals surface area contributed by atoms with Crippen molar-refractivity contribution in [2.24, 2.45) is 0 Å². The Kier molecular flexibility index (Phi) is 4.25. The predicted octanol–water partition coefficient (Wildman–Crippen LogP) is 2.52. The molecule has 0 saturated heterocycles. The van der Waals surface area contributed by atoms with Crippen LogP contribution in [0.1, 0.15) is 23.2 Å². The first-order valence-corrected chi connectivity index (χ1v) is 6.14. The lowest BCUT2D eigenvalue weighted by atomic mass is 10.1. The van der Waals surface area contributed by atoms with Gasteiger partial charge in [-0.05, 0) is 19.1 Å². The van der Waals surface area contributed by atoms with Crippen molar-refractivity contribution >= 4 is 12.1 Å². The Hall–Kier alpha value is -2.71. The largest absolute Gasteiger partial charge is 0.471 e. The molecular weight excluding hydrogens is 301 g/mol. The van der Waals surface area contributed by atoms with Crippen LogP contribution < -0.4 is 5.32 Å². The fraction of sp³-hybridized carbons (Fsp3) is 0.231. The molecule has 116 valence electrons. The summed E-state index contributed by atoms with van der Waals surface area (Å²) in [5, 5.41) is 12.8. The van der Waals surface area contributed by atoms with Gasteiger partial charge in [0.2, 0.25) is 5.82 Å². The molecule has 2 rings (SSSR count). The van der Waals surface area contributed by atoms with Crippen LogP contribution in [-0.4, -0.2) is 28.3 Å². The molecule has 0 saturated carbocycles. The standard InChI is InChI=1S/C13H11F3N4O2/c1-7(6-17)18-11(21)9-4-2-3-8(5-9)10-19-12(22-20-10)13(14,15)16/h2-7,17H,1H3,(H,18,21). The summed E-state index contributed by atoms with van der Waals surface area (Å²) < 4.78 is 41.4. The second-order valence-corrected chi connectivity index (χ2v) is 4.43. The lowest BCUT2D eigenvalue weighted by Crippen LogP contribution is -2.33. The highest BCUT2D eigenvalue weighted by Crippen LogP contribution is 2.29. The van der Waals surface area contributed by atoms with Crippen LogP contribution in [0.5, 0.6) is 0 Å². The number of nitrogens with zero attached hydrogens (tertiary/aromatic N) is 2. The van der Waals surface area contributed by atoms with Gasteiger partial charge >= 0.3 is 12.1 Å². The Morgan fingerprint density at radius 2 is 2.18 bits per heavy atom. The maximum absolute atomic E-state index is 12.4. The molecule has 0 aliphatic carbocycles. The zero-order valence-electron chi connectivity index (χ0n) is 11.3. The number of amides is 1. The van der Waals surface area contributed by atoms with E-state index in [1.165, 1.54) is 24.3 Å². The van der Waals surface area contributed by atoms with Crippen LogP contribution in [0.25, 0.3) is 11.4 Å². The van der Waals surface area contributed by atoms with Gasteiger partial charge in [0.25, 0.3) is 5.91 Å². The minimum atomic E-state index is -4.72. The fourth-order valence-electron chi connectivity index (χ4n) is 1.59. The third kappa shape index (κ3) is 3.48. The minimum Gasteiger partial charge on any atom is -0.345 e. The van der Waals surface area contributed by atoms with Gasteiger partial charge in [-0.1, -0.05) is 17.3 Å². The third-order valence-electron chi connectivity index (χ3n) is 2.66. The lowest BCUT2D eigenvalue weighted by Gasteiger charge is -2.08. The maximum atomic E-state index is 12.4. The van der Waals surface area contributed by atoms with Crippen molar-refractivity contribution in [1.29, 1.82) is 5.41 Å². The zero-order chi connectivity index (χ0) is 16.3. The highest BCUT2D eigenvalue weighted by atomic mass is 19.4. The van der Waals surface area contributed by atoms with Crippen LogP contribution in [0.15, 0.2) is 28.8 Å². The average molecular weight is 312 g/mol. The number of halogens is 3. The number of hydrogen-bond donors (Lipinski definition) is 2. The van der Waals surface area contributed by atoms with Gasteiger partial charge in [0.15, 0.2) is 0 Å². The monoisotopic (exact) mass is 312 g/mol. The van der Waals surface area contributed by atoms with Gasteiger partial charge < -0.3 is 15.2 Å². The molecule has 1 aromatic heterocycles. The smallest absolute Gasteiger partial charge is 0.345 e. The second kappa shape index (κ2) is 5.96. The molecule has 9 heteroatoms. The summed E-state index contributed by atoms with van der Waals surface area (Å²) in [6, 6.07) is 5.32. The van der Waals surface area contributed by atoms with Crippen molar-refractivity contribution in [2.75, 3.05) is 0 Å². The van der Waals surface area contributed by atoms with Gasteiger partial charge in [-0.15, -0.1) is 0 Å². The van der Waals surface area contributed by atoms with Crippen molar-refractivity contribution in [3.8, 4) is 11.4 Å². The Balaban J connectivity index is 2.27. The molecule has 2 N–H and O–H groups in total. The molecule has 1 atom stereocenters. The topological polar surface area (TPSA) is 91.9 Å². The molecule has 0 fully saturated rings. The number of rotatable bonds is 4. The van der Waals surface area contributed by atoms with E-state index in [9.17, 15) is 18.0 Å². The average Bonchev–Trinajstić information content (AvgIpc) is 2.97. The Labute approximate surface area is 122 Å². The van der Waals surface area contributed by atoms with Crippen molar-refractivity contribution in [3.05, 3.63) is 35.7 Å². The molecule has 0 spiro atoms. The quantitative estimate of drug-likeness (QED) is 0.849. The highest BCUT2D eigenvalue weighted by Gasteiger charge is 2.38. The number of benzene rings is 1. The van der Waals surface area contributed by atoms with Crippen LogP contribution in [0.2, 0.25) is 0 Å². The number of carbonyl (C=O) groups excluding carboxylic acids is 1. The first-order chi connectivity index (χ1) is 10.3. The second-order valence-electron chi connectivity index (χ2n) is 4.43. The number of carbonyl (C=O) groups is 1. The van der Waals surface area contributed by atoms with E-state index in [4.69, 9.17) is 5.41 Å². The summed E-state index contributed by atoms with van der Waals surface area (Å²) >= 11 is 0. The Bertz CT molecular complexity index is 697. The normalized spacial score (nSPS) is 12.7. The van der Waals surface area contributed by atoms with Crippen molar-refractivity contribution < 1.29 is 22.5 Å². The van der Waals surface area contributed by atoms with Crippen LogP contribution in [0, 0.1) is 5.41 Å². The molecule has 0 bridgehead atoms. The first-order valence-electron chi connectivity index (χ1n) is 6.14. The predicted molar refractivity (Wildman–Crippen MR) is 70.4 cm³/mol. The zero-order valence-corrected chi connectivity index (χ0v) is 11.3. The molecule has 6 nitrogen and oxygen atoms in total. The molecule has 1 aromatic carbocycles. The Morgan fingerprint density at radius 1 is 1.45 bits per heavy atom. The summed E-state index contributed by atoms with van der Waals surface area (Å²) in [5.41, 5.74) is 0.430. The van der Waals surface area contributed by atoms with Crippen molar-refractivity contribution in [3.63, 3.8) is 0 Å². The van der Waals surface area contributed by atoms with Gasteiger partial charge in [0.05, 0.1) is 6.04 Å². The molecule has 22 heavy (non-hydrogen) atoms. The summed E-state index contributed by atoms with van der Waals surface area (Å²) in [6.07, 6.45) is -3.67. The van der Waals surface area contributed by atoms with Crippen LogP contribution in [0.3, 0.4) is 0 Å². The fourth-order valence-corrected chi connectivity index (χ4v) is 1.59. The number of aromatic nitrogens is 2. The third-order valence-corrected chi connectivity index (χ3v) is 2.66. The van der Waals surface area contributed by atoms with E-state index in [1.54, 1.807) is 6.92 Å². The van der Waals surface area contributed by atoms with Gasteiger partial charge in [-0.2, -0.15) is 18.2 Å². The Morgan fingerprint density at radius 3 is 2.77 bits per heavy atom. The summed E-state index contributed by atoms with van der Waals surface area (Å²) in [7, 11) is 0. The van der Waals surface area contributed by atoms with Crippen LogP contribution in [0.4, 0.5) is 13.2 Å². The minimum absolute atomic E-state index is 0.213. The van der Waals surface area contributed by atoms with Gasteiger partial charge in [-0.25, -0.2) is 0 Å². The van der Waals surface area contributed by atoms with Crippen molar-refractivity contribution in [1.82, 2.24) is 15.5 Å². The molecule has 2 aromatic rings. The van der Waals surface area contributed by atoms with Crippen molar-refractivity contribution in [2.45, 2.75) is 19.1 Å². The van der Waals surface area contributed by atoms with Crippen LogP contribution in [-0.2, 0) is 6.18 Å². The van der Waals surface area contributed by atoms with E-state index >= 15 is 0 Å². The first kappa shape index (κ1) is 15.7. The van der Waals surface area contributed by atoms with E-state index in [-0.39, 0.29) is 17.0 Å². The van der Waals surface area contributed by atoms with Crippen LogP contribution >= 0.6 is 0 Å². The molecule has 0 radical (unpaired) electrons. The molecule has 0 aliphatic rings. The number of hydrogen-bond acceptors (Lipinski definition) is 5. The summed E-state index contributed by atoms with van der Waals surface area (Å²) in [5.74, 6) is -2.17. The van der Waals surface area contributed by atoms with E-state index in [0.717, 1.165) is 6.21 Å². The summed E-state index contributed by atoms with van der Waals surface area (Å²) in [6.45, 7) is 1.61. The maximum Gasteiger partial charge on any atom is 0.471 e. The van der Waals surface area contributed by atoms with E-state index in [0.29, 0.717) is 0 Å². The van der Waals surface area contributed by atoms with E-state index in [2.05, 4.69) is 20.0 Å². The van der Waals surface area contributed by atoms with E-state index in [1.807, 2.05) is 0 Å². The van der Waals surface area contributed by atoms with Gasteiger partial charge in [-0.3, -0.25) is 4.79 Å².